The topological polar surface area (TPSA) is 27.7 Å². The Morgan fingerprint density at radius 3 is 1.73 bits per heavy atom. The molecule has 66 valence electrons. The van der Waals surface area contributed by atoms with Crippen molar-refractivity contribution in [3.05, 3.63) is 11.4 Å². The van der Waals surface area contributed by atoms with Gasteiger partial charge in [-0.05, 0) is 0 Å². The normalized spacial score (nSPS) is 13.7. The summed E-state index contributed by atoms with van der Waals surface area (Å²) >= 11 is 5.10. The quantitative estimate of drug-likeness (QED) is 0.622. The van der Waals surface area contributed by atoms with Gasteiger partial charge in [0.05, 0.1) is 0 Å². The minimum atomic E-state index is -1.80. The van der Waals surface area contributed by atoms with Crippen molar-refractivity contribution in [2.75, 3.05) is 21.3 Å². The van der Waals surface area contributed by atoms with Crippen LogP contribution in [0.5, 0.6) is 0 Å². The molecular formula is C6H10ClFO3. The lowest BCUT2D eigenvalue weighted by Gasteiger charge is -2.25. The van der Waals surface area contributed by atoms with Crippen LogP contribution in [-0.4, -0.2) is 27.3 Å². The molecule has 0 aliphatic rings. The fourth-order valence-electron chi connectivity index (χ4n) is 0.609. The molecule has 0 unspecified atom stereocenters. The van der Waals surface area contributed by atoms with Crippen molar-refractivity contribution in [2.45, 2.75) is 5.97 Å². The van der Waals surface area contributed by atoms with Crippen molar-refractivity contribution in [1.82, 2.24) is 0 Å². The van der Waals surface area contributed by atoms with E-state index >= 15 is 0 Å². The minimum Gasteiger partial charge on any atom is -0.325 e. The molecule has 0 spiro atoms. The largest absolute Gasteiger partial charge is 0.339 e. The third-order valence-electron chi connectivity index (χ3n) is 1.19. The average Bonchev–Trinajstić information content (AvgIpc) is 2.08. The Balaban J connectivity index is 4.54. The Morgan fingerprint density at radius 1 is 1.27 bits per heavy atom. The fourth-order valence-corrected chi connectivity index (χ4v) is 0.743. The molecule has 0 aromatic rings. The predicted molar refractivity (Wildman–Crippen MR) is 38.8 cm³/mol. The van der Waals surface area contributed by atoms with E-state index in [1.54, 1.807) is 0 Å². The Hall–Kier alpha value is -0.160. The van der Waals surface area contributed by atoms with E-state index in [0.717, 1.165) is 0 Å². The summed E-state index contributed by atoms with van der Waals surface area (Å²) in [5.41, 5.74) is 0.691. The molecule has 0 amide bonds. The first-order valence-corrected chi connectivity index (χ1v) is 3.22. The lowest BCUT2D eigenvalue weighted by molar-refractivity contribution is -0.334. The zero-order chi connectivity index (χ0) is 8.91. The van der Waals surface area contributed by atoms with E-state index in [4.69, 9.17) is 11.6 Å². The lowest BCUT2D eigenvalue weighted by atomic mass is 10.5. The summed E-state index contributed by atoms with van der Waals surface area (Å²) in [4.78, 5) is 0. The van der Waals surface area contributed by atoms with Crippen molar-refractivity contribution in [3.63, 3.8) is 0 Å². The second-order valence-electron chi connectivity index (χ2n) is 1.63. The van der Waals surface area contributed by atoms with Crippen LogP contribution in [0.15, 0.2) is 11.4 Å². The molecule has 0 N–H and O–H groups in total. The molecule has 0 aliphatic heterocycles. The first-order valence-electron chi connectivity index (χ1n) is 2.78. The summed E-state index contributed by atoms with van der Waals surface area (Å²) in [6.45, 7) is 0. The number of hydrogen-bond acceptors (Lipinski definition) is 3. The van der Waals surface area contributed by atoms with Gasteiger partial charge in [-0.15, -0.1) is 0 Å². The Bertz CT molecular complexity index is 136. The van der Waals surface area contributed by atoms with Crippen molar-refractivity contribution in [3.8, 4) is 0 Å². The van der Waals surface area contributed by atoms with Gasteiger partial charge < -0.3 is 14.2 Å². The second-order valence-corrected chi connectivity index (χ2v) is 1.84. The molecule has 0 saturated heterocycles. The number of methoxy groups -OCH3 is 3. The monoisotopic (exact) mass is 184 g/mol. The molecule has 0 atom stereocenters. The van der Waals surface area contributed by atoms with Crippen molar-refractivity contribution < 1.29 is 18.6 Å². The first-order chi connectivity index (χ1) is 5.16. The molecular weight excluding hydrogens is 175 g/mol. The van der Waals surface area contributed by atoms with E-state index in [0.29, 0.717) is 5.54 Å². The summed E-state index contributed by atoms with van der Waals surface area (Å²) in [7, 11) is 3.73. The summed E-state index contributed by atoms with van der Waals surface area (Å²) in [5, 5.41) is 0. The van der Waals surface area contributed by atoms with Gasteiger partial charge in [-0.2, -0.15) is 0 Å². The van der Waals surface area contributed by atoms with E-state index in [-0.39, 0.29) is 0 Å². The van der Waals surface area contributed by atoms with E-state index in [1.165, 1.54) is 21.3 Å². The molecule has 3 nitrogen and oxygen atoms in total. The zero-order valence-corrected chi connectivity index (χ0v) is 7.31. The van der Waals surface area contributed by atoms with Crippen molar-refractivity contribution >= 4 is 11.6 Å². The van der Waals surface area contributed by atoms with Gasteiger partial charge in [0.2, 0.25) is 5.83 Å². The average molecular weight is 185 g/mol. The molecule has 0 radical (unpaired) electrons. The SMILES string of the molecule is COC(OC)(OC)/C(F)=C/Cl. The van der Waals surface area contributed by atoms with Crippen LogP contribution in [0.25, 0.3) is 0 Å². The van der Waals surface area contributed by atoms with Gasteiger partial charge in [0, 0.05) is 26.9 Å². The maximum atomic E-state index is 12.8. The molecule has 5 heteroatoms. The molecule has 0 saturated carbocycles. The summed E-state index contributed by atoms with van der Waals surface area (Å²) < 4.78 is 26.7. The number of ether oxygens (including phenoxy) is 3. The molecule has 11 heavy (non-hydrogen) atoms. The van der Waals surface area contributed by atoms with Gasteiger partial charge in [0.15, 0.2) is 0 Å². The number of hydrogen-bond donors (Lipinski definition) is 0. The van der Waals surface area contributed by atoms with Crippen LogP contribution < -0.4 is 0 Å². The van der Waals surface area contributed by atoms with E-state index < -0.39 is 11.8 Å². The van der Waals surface area contributed by atoms with E-state index in [2.05, 4.69) is 14.2 Å². The standard InChI is InChI=1S/C6H10ClFO3/c1-9-6(10-2,11-3)5(8)4-7/h4H,1-3H3/b5-4-. The molecule has 0 fully saturated rings. The van der Waals surface area contributed by atoms with Crippen LogP contribution in [0.4, 0.5) is 4.39 Å². The zero-order valence-electron chi connectivity index (χ0n) is 6.56. The molecule has 0 aromatic carbocycles. The van der Waals surface area contributed by atoms with Crippen LogP contribution in [0, 0.1) is 0 Å². The number of rotatable bonds is 4. The molecule has 0 aliphatic carbocycles. The molecule has 0 heterocycles. The highest BCUT2D eigenvalue weighted by Gasteiger charge is 2.35. The summed E-state index contributed by atoms with van der Waals surface area (Å²) in [6.07, 6.45) is 0. The van der Waals surface area contributed by atoms with Crippen LogP contribution in [0.2, 0.25) is 0 Å². The lowest BCUT2D eigenvalue weighted by Crippen LogP contribution is -2.36. The van der Waals surface area contributed by atoms with Crippen LogP contribution >= 0.6 is 11.6 Å². The Labute approximate surface area is 69.7 Å². The van der Waals surface area contributed by atoms with Crippen LogP contribution in [-0.2, 0) is 14.2 Å². The maximum absolute atomic E-state index is 12.8. The molecule has 0 bridgehead atoms. The third kappa shape index (κ3) is 2.13. The second kappa shape index (κ2) is 4.66. The smallest absolute Gasteiger partial charge is 0.325 e. The maximum Gasteiger partial charge on any atom is 0.339 e. The van der Waals surface area contributed by atoms with Gasteiger partial charge >= 0.3 is 5.97 Å². The number of halogens is 2. The van der Waals surface area contributed by atoms with E-state index in [1.807, 2.05) is 0 Å². The molecule has 0 rings (SSSR count). The first kappa shape index (κ1) is 10.8. The highest BCUT2D eigenvalue weighted by molar-refractivity contribution is 6.25. The van der Waals surface area contributed by atoms with Crippen LogP contribution in [0.1, 0.15) is 0 Å². The van der Waals surface area contributed by atoms with Crippen molar-refractivity contribution in [1.29, 1.82) is 0 Å². The highest BCUT2D eigenvalue weighted by Crippen LogP contribution is 2.24. The fraction of sp³-hybridized carbons (Fsp3) is 0.667. The third-order valence-corrected chi connectivity index (χ3v) is 1.39. The minimum absolute atomic E-state index is 0.691. The van der Waals surface area contributed by atoms with Gasteiger partial charge in [-0.25, -0.2) is 4.39 Å². The summed E-state index contributed by atoms with van der Waals surface area (Å²) in [5.74, 6) is -2.64. The van der Waals surface area contributed by atoms with Gasteiger partial charge in [0.25, 0.3) is 0 Å². The van der Waals surface area contributed by atoms with Gasteiger partial charge in [0.1, 0.15) is 0 Å². The van der Waals surface area contributed by atoms with Gasteiger partial charge in [-0.1, -0.05) is 11.6 Å². The summed E-state index contributed by atoms with van der Waals surface area (Å²) in [6, 6.07) is 0. The Kier molecular flexibility index (Phi) is 4.60. The van der Waals surface area contributed by atoms with E-state index in [9.17, 15) is 4.39 Å². The highest BCUT2D eigenvalue weighted by atomic mass is 35.5. The Morgan fingerprint density at radius 2 is 1.64 bits per heavy atom. The molecule has 0 aromatic heterocycles. The van der Waals surface area contributed by atoms with Crippen molar-refractivity contribution in [2.24, 2.45) is 0 Å². The van der Waals surface area contributed by atoms with Crippen LogP contribution in [0.3, 0.4) is 0 Å². The predicted octanol–water partition coefficient (Wildman–Crippen LogP) is 1.63. The van der Waals surface area contributed by atoms with Gasteiger partial charge in [-0.3, -0.25) is 0 Å².